The highest BCUT2D eigenvalue weighted by atomic mass is 35.5. The molecule has 2 atom stereocenters. The Hall–Kier alpha value is -0.850. The molecule has 0 aromatic carbocycles. The van der Waals surface area contributed by atoms with E-state index in [1.165, 1.54) is 0 Å². The highest BCUT2D eigenvalue weighted by molar-refractivity contribution is 5.95. The summed E-state index contributed by atoms with van der Waals surface area (Å²) in [5.74, 6) is 0.189. The second-order valence-electron chi connectivity index (χ2n) is 5.30. The number of imide groups is 1. The Balaban J connectivity index is 0.00000361. The molecule has 1 saturated heterocycles. The number of halogens is 1. The normalized spacial score (nSPS) is 20.6. The minimum absolute atomic E-state index is 0. The van der Waals surface area contributed by atoms with Crippen LogP contribution in [0.15, 0.2) is 0 Å². The molecule has 4 N–H and O–H groups in total. The lowest BCUT2D eigenvalue weighted by atomic mass is 9.92. The van der Waals surface area contributed by atoms with Gasteiger partial charge in [0.1, 0.15) is 0 Å². The Kier molecular flexibility index (Phi) is 9.54. The fourth-order valence-corrected chi connectivity index (χ4v) is 2.32. The second kappa shape index (κ2) is 9.96. The molecule has 0 radical (unpaired) electrons. The Labute approximate surface area is 127 Å². The maximum absolute atomic E-state index is 11.7. The van der Waals surface area contributed by atoms with Gasteiger partial charge in [-0.1, -0.05) is 6.92 Å². The summed E-state index contributed by atoms with van der Waals surface area (Å²) in [4.78, 5) is 25.1. The molecule has 0 aromatic rings. The summed E-state index contributed by atoms with van der Waals surface area (Å²) in [6.45, 7) is 6.55. The number of carbonyl (C=O) groups excluding carboxylic acids is 2. The number of hydrogen-bond donors (Lipinski definition) is 3. The molecule has 1 fully saturated rings. The van der Waals surface area contributed by atoms with Crippen molar-refractivity contribution in [2.24, 2.45) is 11.7 Å². The summed E-state index contributed by atoms with van der Waals surface area (Å²) < 4.78 is 0. The zero-order chi connectivity index (χ0) is 14.3. The predicted molar refractivity (Wildman–Crippen MR) is 81.9 cm³/mol. The van der Waals surface area contributed by atoms with Gasteiger partial charge in [-0.05, 0) is 38.6 Å². The Morgan fingerprint density at radius 2 is 2.15 bits per heavy atom. The van der Waals surface area contributed by atoms with Gasteiger partial charge in [0.25, 0.3) is 0 Å². The van der Waals surface area contributed by atoms with E-state index in [1.807, 2.05) is 13.8 Å². The molecule has 1 heterocycles. The van der Waals surface area contributed by atoms with E-state index < -0.39 is 6.03 Å². The topological polar surface area (TPSA) is 87.5 Å². The van der Waals surface area contributed by atoms with Crippen LogP contribution in [0.3, 0.4) is 0 Å². The number of likely N-dealkylation sites (tertiary alicyclic amines) is 1. The highest BCUT2D eigenvalue weighted by Gasteiger charge is 2.24. The molecule has 20 heavy (non-hydrogen) atoms. The van der Waals surface area contributed by atoms with Crippen LogP contribution in [0, 0.1) is 5.92 Å². The van der Waals surface area contributed by atoms with Crippen molar-refractivity contribution in [3.8, 4) is 0 Å². The Morgan fingerprint density at radius 1 is 1.45 bits per heavy atom. The van der Waals surface area contributed by atoms with Gasteiger partial charge in [-0.3, -0.25) is 15.0 Å². The molecule has 1 aliphatic rings. The van der Waals surface area contributed by atoms with E-state index in [2.05, 4.69) is 15.5 Å². The molecule has 0 bridgehead atoms. The molecule has 118 valence electrons. The third-order valence-electron chi connectivity index (χ3n) is 3.44. The first kappa shape index (κ1) is 19.1. The van der Waals surface area contributed by atoms with Gasteiger partial charge in [-0.2, -0.15) is 0 Å². The van der Waals surface area contributed by atoms with Gasteiger partial charge in [0.15, 0.2) is 0 Å². The van der Waals surface area contributed by atoms with Crippen molar-refractivity contribution >= 4 is 24.3 Å². The smallest absolute Gasteiger partial charge is 0.321 e. The van der Waals surface area contributed by atoms with Crippen LogP contribution in [-0.4, -0.2) is 49.1 Å². The van der Waals surface area contributed by atoms with E-state index in [1.54, 1.807) is 0 Å². The van der Waals surface area contributed by atoms with Crippen molar-refractivity contribution in [2.75, 3.05) is 26.2 Å². The molecule has 6 nitrogen and oxygen atoms in total. The summed E-state index contributed by atoms with van der Waals surface area (Å²) in [6.07, 6.45) is 3.03. The van der Waals surface area contributed by atoms with E-state index in [0.717, 1.165) is 32.4 Å². The lowest BCUT2D eigenvalue weighted by molar-refractivity contribution is -0.121. The van der Waals surface area contributed by atoms with Gasteiger partial charge in [0, 0.05) is 19.1 Å². The van der Waals surface area contributed by atoms with Crippen LogP contribution in [0.4, 0.5) is 4.79 Å². The van der Waals surface area contributed by atoms with Gasteiger partial charge in [-0.25, -0.2) is 4.79 Å². The van der Waals surface area contributed by atoms with Gasteiger partial charge in [-0.15, -0.1) is 12.4 Å². The zero-order valence-electron chi connectivity index (χ0n) is 12.4. The van der Waals surface area contributed by atoms with Crippen LogP contribution >= 0.6 is 12.4 Å². The van der Waals surface area contributed by atoms with Crippen molar-refractivity contribution in [1.82, 2.24) is 15.5 Å². The summed E-state index contributed by atoms with van der Waals surface area (Å²) in [5, 5.41) is 4.96. The van der Waals surface area contributed by atoms with Crippen LogP contribution < -0.4 is 16.4 Å². The van der Waals surface area contributed by atoms with Crippen molar-refractivity contribution in [3.05, 3.63) is 0 Å². The van der Waals surface area contributed by atoms with Crippen molar-refractivity contribution in [2.45, 2.75) is 39.2 Å². The van der Waals surface area contributed by atoms with Crippen LogP contribution in [0.5, 0.6) is 0 Å². The largest absolute Gasteiger partial charge is 0.338 e. The number of nitrogens with one attached hydrogen (secondary N) is 2. The number of amides is 3. The number of piperidine rings is 1. The summed E-state index contributed by atoms with van der Waals surface area (Å²) in [5.41, 5.74) is 5.90. The molecule has 2 unspecified atom stereocenters. The quantitative estimate of drug-likeness (QED) is 0.698. The van der Waals surface area contributed by atoms with Crippen molar-refractivity contribution in [1.29, 1.82) is 0 Å². The molecule has 7 heteroatoms. The minimum Gasteiger partial charge on any atom is -0.338 e. The standard InChI is InChI=1S/C13H26N4O2.ClH/c1-3-6-15-13(19)16-12(18)9-17-7-4-5-11(8-17)10(2)14;/h10-11H,3-9,14H2,1-2H3,(H2,15,16,18,19);1H. The predicted octanol–water partition coefficient (Wildman–Crippen LogP) is 0.703. The zero-order valence-corrected chi connectivity index (χ0v) is 13.2. The highest BCUT2D eigenvalue weighted by Crippen LogP contribution is 2.18. The summed E-state index contributed by atoms with van der Waals surface area (Å²) >= 11 is 0. The fourth-order valence-electron chi connectivity index (χ4n) is 2.32. The summed E-state index contributed by atoms with van der Waals surface area (Å²) in [7, 11) is 0. The van der Waals surface area contributed by atoms with Gasteiger partial charge >= 0.3 is 6.03 Å². The van der Waals surface area contributed by atoms with E-state index in [9.17, 15) is 9.59 Å². The summed E-state index contributed by atoms with van der Waals surface area (Å²) in [6, 6.07) is -0.258. The number of urea groups is 1. The van der Waals surface area contributed by atoms with Gasteiger partial charge in [0.05, 0.1) is 6.54 Å². The first-order valence-corrected chi connectivity index (χ1v) is 7.08. The molecular formula is C13H27ClN4O2. The lowest BCUT2D eigenvalue weighted by Gasteiger charge is -2.34. The third-order valence-corrected chi connectivity index (χ3v) is 3.44. The van der Waals surface area contributed by atoms with Crippen LogP contribution in [0.1, 0.15) is 33.1 Å². The molecule has 0 spiro atoms. The number of nitrogens with zero attached hydrogens (tertiary/aromatic N) is 1. The molecule has 1 aliphatic heterocycles. The molecule has 0 saturated carbocycles. The second-order valence-corrected chi connectivity index (χ2v) is 5.30. The molecular weight excluding hydrogens is 280 g/mol. The van der Waals surface area contributed by atoms with Crippen molar-refractivity contribution < 1.29 is 9.59 Å². The van der Waals surface area contributed by atoms with Crippen LogP contribution in [0.2, 0.25) is 0 Å². The van der Waals surface area contributed by atoms with Crippen LogP contribution in [-0.2, 0) is 4.79 Å². The number of nitrogens with two attached hydrogens (primary N) is 1. The minimum atomic E-state index is -0.410. The number of rotatable bonds is 5. The fraction of sp³-hybridized carbons (Fsp3) is 0.846. The Morgan fingerprint density at radius 3 is 2.75 bits per heavy atom. The van der Waals surface area contributed by atoms with E-state index in [4.69, 9.17) is 5.73 Å². The number of hydrogen-bond acceptors (Lipinski definition) is 4. The Bertz CT molecular complexity index is 313. The SMILES string of the molecule is CCCNC(=O)NC(=O)CN1CCCC(C(C)N)C1.Cl. The van der Waals surface area contributed by atoms with Gasteiger partial charge < -0.3 is 11.1 Å². The van der Waals surface area contributed by atoms with Crippen LogP contribution in [0.25, 0.3) is 0 Å². The maximum atomic E-state index is 11.7. The van der Waals surface area contributed by atoms with E-state index in [-0.39, 0.29) is 30.9 Å². The van der Waals surface area contributed by atoms with E-state index >= 15 is 0 Å². The first-order chi connectivity index (χ1) is 9.02. The molecule has 1 rings (SSSR count). The molecule has 3 amide bonds. The number of carbonyl (C=O) groups is 2. The maximum Gasteiger partial charge on any atom is 0.321 e. The average Bonchev–Trinajstić information content (AvgIpc) is 2.36. The molecule has 0 aromatic heterocycles. The lowest BCUT2D eigenvalue weighted by Crippen LogP contribution is -2.48. The van der Waals surface area contributed by atoms with E-state index in [0.29, 0.717) is 12.5 Å². The van der Waals surface area contributed by atoms with Crippen molar-refractivity contribution in [3.63, 3.8) is 0 Å². The van der Waals surface area contributed by atoms with Gasteiger partial charge in [0.2, 0.25) is 5.91 Å². The molecule has 0 aliphatic carbocycles. The average molecular weight is 307 g/mol. The first-order valence-electron chi connectivity index (χ1n) is 7.08. The monoisotopic (exact) mass is 306 g/mol. The third kappa shape index (κ3) is 7.07.